The van der Waals surface area contributed by atoms with Gasteiger partial charge in [0.2, 0.25) is 5.91 Å². The Kier molecular flexibility index (Phi) is 6.28. The van der Waals surface area contributed by atoms with Crippen LogP contribution in [0.2, 0.25) is 0 Å². The van der Waals surface area contributed by atoms with Crippen molar-refractivity contribution < 1.29 is 13.9 Å². The summed E-state index contributed by atoms with van der Waals surface area (Å²) in [6, 6.07) is 6.44. The van der Waals surface area contributed by atoms with Crippen molar-refractivity contribution >= 4 is 22.4 Å². The zero-order valence-electron chi connectivity index (χ0n) is 16.6. The van der Waals surface area contributed by atoms with Crippen LogP contribution in [0, 0.1) is 31.0 Å². The first-order valence-corrected chi connectivity index (χ1v) is 9.93. The van der Waals surface area contributed by atoms with Gasteiger partial charge in [-0.2, -0.15) is 5.26 Å². The summed E-state index contributed by atoms with van der Waals surface area (Å²) in [5.41, 5.74) is 2.76. The third-order valence-electron chi connectivity index (χ3n) is 4.72. The number of anilines is 1. The number of ether oxygens (including phenoxy) is 1. The Hall–Kier alpha value is -3.51. The van der Waals surface area contributed by atoms with E-state index in [2.05, 4.69) is 15.3 Å². The SMILES string of the molecule is COc1ccc(-c2csc(NC(=O)CCc3c(C)[nH]c(=O)c(C#N)c3C)n2)cc1F. The minimum Gasteiger partial charge on any atom is -0.494 e. The van der Waals surface area contributed by atoms with Crippen LogP contribution in [0.15, 0.2) is 28.4 Å². The molecule has 0 saturated carbocycles. The highest BCUT2D eigenvalue weighted by molar-refractivity contribution is 7.14. The van der Waals surface area contributed by atoms with Gasteiger partial charge in [-0.05, 0) is 49.6 Å². The van der Waals surface area contributed by atoms with Gasteiger partial charge < -0.3 is 15.0 Å². The van der Waals surface area contributed by atoms with E-state index in [1.807, 2.05) is 6.07 Å². The molecule has 0 aliphatic carbocycles. The van der Waals surface area contributed by atoms with E-state index in [1.165, 1.54) is 30.6 Å². The Bertz CT molecular complexity index is 1210. The van der Waals surface area contributed by atoms with Crippen LogP contribution in [-0.2, 0) is 11.2 Å². The molecule has 154 valence electrons. The Labute approximate surface area is 176 Å². The average Bonchev–Trinajstić information content (AvgIpc) is 3.16. The highest BCUT2D eigenvalue weighted by Crippen LogP contribution is 2.28. The lowest BCUT2D eigenvalue weighted by Crippen LogP contribution is -2.18. The van der Waals surface area contributed by atoms with Crippen LogP contribution in [0.1, 0.15) is 28.8 Å². The summed E-state index contributed by atoms with van der Waals surface area (Å²) in [4.78, 5) is 31.1. The van der Waals surface area contributed by atoms with E-state index >= 15 is 0 Å². The van der Waals surface area contributed by atoms with E-state index in [1.54, 1.807) is 25.3 Å². The molecule has 2 N–H and O–H groups in total. The summed E-state index contributed by atoms with van der Waals surface area (Å²) in [7, 11) is 1.39. The number of H-pyrrole nitrogens is 1. The molecule has 30 heavy (non-hydrogen) atoms. The summed E-state index contributed by atoms with van der Waals surface area (Å²) in [6.07, 6.45) is 0.529. The number of rotatable bonds is 6. The fourth-order valence-electron chi connectivity index (χ4n) is 3.13. The van der Waals surface area contributed by atoms with Gasteiger partial charge in [0.25, 0.3) is 5.56 Å². The van der Waals surface area contributed by atoms with Gasteiger partial charge in [-0.25, -0.2) is 9.37 Å². The van der Waals surface area contributed by atoms with Crippen LogP contribution in [0.5, 0.6) is 5.75 Å². The number of carbonyl (C=O) groups excluding carboxylic acids is 1. The van der Waals surface area contributed by atoms with Gasteiger partial charge in [0, 0.05) is 23.1 Å². The number of amides is 1. The molecular weight excluding hydrogens is 407 g/mol. The van der Waals surface area contributed by atoms with Crippen LogP contribution in [0.4, 0.5) is 9.52 Å². The first-order chi connectivity index (χ1) is 14.3. The topological polar surface area (TPSA) is 108 Å². The number of aromatic amines is 1. The van der Waals surface area contributed by atoms with E-state index in [0.29, 0.717) is 34.1 Å². The Morgan fingerprint density at radius 1 is 1.40 bits per heavy atom. The average molecular weight is 426 g/mol. The molecule has 0 fully saturated rings. The summed E-state index contributed by atoms with van der Waals surface area (Å²) in [5, 5.41) is 14.0. The van der Waals surface area contributed by atoms with Gasteiger partial charge in [-0.15, -0.1) is 11.3 Å². The van der Waals surface area contributed by atoms with Gasteiger partial charge in [-0.3, -0.25) is 9.59 Å². The monoisotopic (exact) mass is 426 g/mol. The second-order valence-corrected chi connectivity index (χ2v) is 7.46. The van der Waals surface area contributed by atoms with Gasteiger partial charge in [0.1, 0.15) is 11.6 Å². The minimum absolute atomic E-state index is 0.0623. The van der Waals surface area contributed by atoms with Gasteiger partial charge in [0.05, 0.1) is 12.8 Å². The zero-order chi connectivity index (χ0) is 21.8. The van der Waals surface area contributed by atoms with Crippen LogP contribution in [0.25, 0.3) is 11.3 Å². The maximum Gasteiger partial charge on any atom is 0.266 e. The van der Waals surface area contributed by atoms with Crippen molar-refractivity contribution in [2.24, 2.45) is 0 Å². The largest absolute Gasteiger partial charge is 0.494 e. The minimum atomic E-state index is -0.489. The van der Waals surface area contributed by atoms with E-state index in [0.717, 1.165) is 5.56 Å². The molecule has 2 aromatic heterocycles. The first kappa shape index (κ1) is 21.2. The standard InChI is InChI=1S/C21H19FN4O3S/c1-11-14(12(2)24-20(28)15(11)9-23)5-7-19(27)26-21-25-17(10-30-21)13-4-6-18(29-3)16(22)8-13/h4,6,8,10H,5,7H2,1-3H3,(H,24,28)(H,25,26,27). The molecule has 7 nitrogen and oxygen atoms in total. The molecule has 2 heterocycles. The molecule has 9 heteroatoms. The summed E-state index contributed by atoms with van der Waals surface area (Å²) in [5.74, 6) is -0.591. The van der Waals surface area contributed by atoms with Crippen molar-refractivity contribution in [1.29, 1.82) is 5.26 Å². The fourth-order valence-corrected chi connectivity index (χ4v) is 3.87. The Morgan fingerprint density at radius 3 is 2.83 bits per heavy atom. The van der Waals surface area contributed by atoms with Crippen LogP contribution >= 0.6 is 11.3 Å². The van der Waals surface area contributed by atoms with Crippen molar-refractivity contribution in [3.8, 4) is 23.1 Å². The molecule has 0 atom stereocenters. The lowest BCUT2D eigenvalue weighted by Gasteiger charge is -2.10. The molecular formula is C21H19FN4O3S. The molecule has 3 rings (SSSR count). The number of hydrogen-bond acceptors (Lipinski definition) is 6. The fraction of sp³-hybridized carbons (Fsp3) is 0.238. The van der Waals surface area contributed by atoms with Crippen molar-refractivity contribution in [2.45, 2.75) is 26.7 Å². The molecule has 0 bridgehead atoms. The molecule has 0 aliphatic rings. The molecule has 0 spiro atoms. The Morgan fingerprint density at radius 2 is 2.17 bits per heavy atom. The lowest BCUT2D eigenvalue weighted by atomic mass is 9.99. The number of nitriles is 1. The molecule has 0 saturated heterocycles. The second kappa shape index (κ2) is 8.88. The summed E-state index contributed by atoms with van der Waals surface area (Å²) < 4.78 is 18.8. The third-order valence-corrected chi connectivity index (χ3v) is 5.48. The molecule has 0 aliphatic heterocycles. The number of hydrogen-bond donors (Lipinski definition) is 2. The third kappa shape index (κ3) is 4.39. The summed E-state index contributed by atoms with van der Waals surface area (Å²) >= 11 is 1.24. The first-order valence-electron chi connectivity index (χ1n) is 9.05. The number of nitrogens with one attached hydrogen (secondary N) is 2. The normalized spacial score (nSPS) is 10.5. The van der Waals surface area contributed by atoms with Crippen molar-refractivity contribution in [3.05, 3.63) is 62.1 Å². The second-order valence-electron chi connectivity index (χ2n) is 6.60. The zero-order valence-corrected chi connectivity index (χ0v) is 17.4. The predicted octanol–water partition coefficient (Wildman–Crippen LogP) is 3.71. The number of thiazole rings is 1. The highest BCUT2D eigenvalue weighted by Gasteiger charge is 2.15. The molecule has 3 aromatic rings. The predicted molar refractivity (Wildman–Crippen MR) is 112 cm³/mol. The van der Waals surface area contributed by atoms with Crippen LogP contribution < -0.4 is 15.6 Å². The number of benzene rings is 1. The van der Waals surface area contributed by atoms with Crippen LogP contribution in [0.3, 0.4) is 0 Å². The summed E-state index contributed by atoms with van der Waals surface area (Å²) in [6.45, 7) is 3.44. The quantitative estimate of drug-likeness (QED) is 0.625. The van der Waals surface area contributed by atoms with E-state index in [9.17, 15) is 14.0 Å². The molecule has 0 unspecified atom stereocenters. The molecule has 0 radical (unpaired) electrons. The number of pyridine rings is 1. The number of nitrogens with zero attached hydrogens (tertiary/aromatic N) is 2. The Balaban J connectivity index is 1.68. The van der Waals surface area contributed by atoms with Crippen molar-refractivity contribution in [1.82, 2.24) is 9.97 Å². The van der Waals surface area contributed by atoms with E-state index < -0.39 is 11.4 Å². The van der Waals surface area contributed by atoms with Gasteiger partial charge in [-0.1, -0.05) is 0 Å². The van der Waals surface area contributed by atoms with E-state index in [-0.39, 0.29) is 23.6 Å². The maximum absolute atomic E-state index is 13.9. The van der Waals surface area contributed by atoms with Crippen LogP contribution in [-0.4, -0.2) is 23.0 Å². The molecule has 1 aromatic carbocycles. The number of methoxy groups -OCH3 is 1. The van der Waals surface area contributed by atoms with Gasteiger partial charge >= 0.3 is 0 Å². The van der Waals surface area contributed by atoms with Crippen molar-refractivity contribution in [3.63, 3.8) is 0 Å². The molecule has 1 amide bonds. The number of halogens is 1. The maximum atomic E-state index is 13.9. The lowest BCUT2D eigenvalue weighted by molar-refractivity contribution is -0.116. The van der Waals surface area contributed by atoms with Gasteiger partial charge in [0.15, 0.2) is 16.7 Å². The van der Waals surface area contributed by atoms with Crippen molar-refractivity contribution in [2.75, 3.05) is 12.4 Å². The van der Waals surface area contributed by atoms with E-state index in [4.69, 9.17) is 10.00 Å². The highest BCUT2D eigenvalue weighted by atomic mass is 32.1. The number of carbonyl (C=O) groups is 1. The number of aryl methyl sites for hydroxylation is 1. The number of aromatic nitrogens is 2. The smallest absolute Gasteiger partial charge is 0.266 e.